The number of alkyl halides is 3. The van der Waals surface area contributed by atoms with E-state index in [2.05, 4.69) is 19.5 Å². The number of piperazine rings is 1. The molecule has 0 spiro atoms. The van der Waals surface area contributed by atoms with Crippen molar-refractivity contribution in [2.75, 3.05) is 37.7 Å². The van der Waals surface area contributed by atoms with E-state index in [9.17, 15) is 23.3 Å². The van der Waals surface area contributed by atoms with E-state index in [-0.39, 0.29) is 30.3 Å². The minimum atomic E-state index is -4.72. The first-order chi connectivity index (χ1) is 24.1. The average molecular weight is 691 g/mol. The van der Waals surface area contributed by atoms with Crippen molar-refractivity contribution in [2.45, 2.75) is 38.6 Å². The molecule has 1 saturated heterocycles. The van der Waals surface area contributed by atoms with E-state index in [4.69, 9.17) is 19.2 Å². The number of ether oxygens (including phenoxy) is 4. The minimum Gasteiger partial charge on any atom is -0.490 e. The fourth-order valence-electron chi connectivity index (χ4n) is 5.92. The number of aryl methyl sites for hydroxylation is 1. The number of nitro groups is 1. The molecule has 0 aliphatic carbocycles. The largest absolute Gasteiger partial charge is 0.573 e. The highest BCUT2D eigenvalue weighted by molar-refractivity contribution is 5.81. The number of nitrogens with zero attached hydrogens (tertiary/aromatic N) is 6. The van der Waals surface area contributed by atoms with Crippen molar-refractivity contribution >= 4 is 22.5 Å². The summed E-state index contributed by atoms with van der Waals surface area (Å²) in [4.78, 5) is 24.0. The Bertz CT molecular complexity index is 1950. The first-order valence-electron chi connectivity index (χ1n) is 16.1. The Hall–Kier alpha value is -5.57. The third kappa shape index (κ3) is 8.17. The lowest BCUT2D eigenvalue weighted by atomic mass is 10.1. The van der Waals surface area contributed by atoms with Crippen LogP contribution in [0.5, 0.6) is 23.3 Å². The highest BCUT2D eigenvalue weighted by Crippen LogP contribution is 2.28. The van der Waals surface area contributed by atoms with Gasteiger partial charge in [-0.1, -0.05) is 24.3 Å². The van der Waals surface area contributed by atoms with Crippen LogP contribution in [0.3, 0.4) is 0 Å². The number of halogens is 3. The second kappa shape index (κ2) is 14.1. The highest BCUT2D eigenvalue weighted by atomic mass is 19.4. The molecule has 260 valence electrons. The number of pyridine rings is 1. The molecule has 2 aromatic heterocycles. The van der Waals surface area contributed by atoms with Gasteiger partial charge < -0.3 is 34.0 Å². The number of imidazole rings is 1. The molecule has 0 saturated carbocycles. The Balaban J connectivity index is 0.857. The standard InChI is InChI=1S/C35H33F3N6O6/c36-35(37,38)50-28-8-3-25(4-9-28)22-47-27-6-1-24(2-7-27)20-41-15-17-42(18-16-41)32-12-5-26-19-29(10-11-31(26)39-32)48-23-30-13-14-43-21-33(44(45)46)40-34(43)49-30/h1-12,19,21,30H,13-18,20,22-23H2. The normalized spacial score (nSPS) is 16.5. The zero-order valence-electron chi connectivity index (χ0n) is 26.8. The zero-order valence-corrected chi connectivity index (χ0v) is 26.8. The molecule has 15 heteroatoms. The predicted octanol–water partition coefficient (Wildman–Crippen LogP) is 6.37. The van der Waals surface area contributed by atoms with Crippen LogP contribution in [-0.2, 0) is 19.7 Å². The molecule has 50 heavy (non-hydrogen) atoms. The summed E-state index contributed by atoms with van der Waals surface area (Å²) in [5, 5.41) is 12.0. The van der Waals surface area contributed by atoms with Crippen molar-refractivity contribution in [1.82, 2.24) is 19.4 Å². The van der Waals surface area contributed by atoms with Gasteiger partial charge >= 0.3 is 18.2 Å². The Labute approximate surface area is 284 Å². The Kier molecular flexibility index (Phi) is 9.30. The van der Waals surface area contributed by atoms with Gasteiger partial charge in [-0.25, -0.2) is 4.98 Å². The van der Waals surface area contributed by atoms with Gasteiger partial charge in [0.1, 0.15) is 48.6 Å². The monoisotopic (exact) mass is 690 g/mol. The first-order valence-corrected chi connectivity index (χ1v) is 16.1. The van der Waals surface area contributed by atoms with Gasteiger partial charge in [-0.05, 0) is 70.6 Å². The average Bonchev–Trinajstić information content (AvgIpc) is 3.55. The summed E-state index contributed by atoms with van der Waals surface area (Å²) in [7, 11) is 0. The van der Waals surface area contributed by atoms with Gasteiger partial charge in [-0.15, -0.1) is 13.2 Å². The van der Waals surface area contributed by atoms with E-state index in [1.807, 2.05) is 54.6 Å². The molecule has 5 aromatic rings. The zero-order chi connectivity index (χ0) is 34.7. The highest BCUT2D eigenvalue weighted by Gasteiger charge is 2.31. The molecule has 7 rings (SSSR count). The van der Waals surface area contributed by atoms with Gasteiger partial charge in [0.05, 0.1) is 5.52 Å². The van der Waals surface area contributed by atoms with Crippen LogP contribution >= 0.6 is 0 Å². The maximum Gasteiger partial charge on any atom is 0.573 e. The fraction of sp³-hybridized carbons (Fsp3) is 0.314. The Morgan fingerprint density at radius 2 is 1.56 bits per heavy atom. The molecule has 1 atom stereocenters. The van der Waals surface area contributed by atoms with Crippen molar-refractivity contribution < 1.29 is 37.0 Å². The number of benzene rings is 3. The summed E-state index contributed by atoms with van der Waals surface area (Å²) in [6.07, 6.45) is -2.94. The first kappa shape index (κ1) is 33.0. The molecule has 2 aliphatic rings. The molecule has 12 nitrogen and oxygen atoms in total. The van der Waals surface area contributed by atoms with Crippen LogP contribution in [0.1, 0.15) is 17.5 Å². The van der Waals surface area contributed by atoms with Crippen molar-refractivity contribution in [1.29, 1.82) is 0 Å². The number of aromatic nitrogens is 3. The number of rotatable bonds is 11. The Morgan fingerprint density at radius 3 is 2.30 bits per heavy atom. The van der Waals surface area contributed by atoms with Gasteiger partial charge in [-0.2, -0.15) is 0 Å². The molecule has 0 radical (unpaired) electrons. The molecule has 0 amide bonds. The van der Waals surface area contributed by atoms with Gasteiger partial charge in [0.15, 0.2) is 0 Å². The molecule has 1 fully saturated rings. The van der Waals surface area contributed by atoms with E-state index in [0.717, 1.165) is 60.6 Å². The maximum atomic E-state index is 12.4. The number of hydrogen-bond acceptors (Lipinski definition) is 10. The van der Waals surface area contributed by atoms with Crippen LogP contribution in [0.4, 0.5) is 24.8 Å². The van der Waals surface area contributed by atoms with Crippen LogP contribution in [0, 0.1) is 10.1 Å². The Morgan fingerprint density at radius 1 is 0.840 bits per heavy atom. The van der Waals surface area contributed by atoms with Crippen LogP contribution in [0.2, 0.25) is 0 Å². The van der Waals surface area contributed by atoms with Crippen molar-refractivity contribution in [3.63, 3.8) is 0 Å². The molecule has 4 heterocycles. The van der Waals surface area contributed by atoms with E-state index < -0.39 is 11.3 Å². The SMILES string of the molecule is O=[N+]([O-])c1cn2c(n1)OC(COc1ccc3nc(N4CCN(Cc5ccc(OCc6ccc(OC(F)(F)F)cc6)cc5)CC4)ccc3c1)CC2. The van der Waals surface area contributed by atoms with E-state index in [0.29, 0.717) is 31.1 Å². The van der Waals surface area contributed by atoms with Crippen LogP contribution in [-0.4, -0.2) is 69.6 Å². The smallest absolute Gasteiger partial charge is 0.490 e. The minimum absolute atomic E-state index is 0.228. The molecule has 0 bridgehead atoms. The number of hydrogen-bond donors (Lipinski definition) is 0. The van der Waals surface area contributed by atoms with E-state index >= 15 is 0 Å². The summed E-state index contributed by atoms with van der Waals surface area (Å²) in [5.41, 5.74) is 2.76. The van der Waals surface area contributed by atoms with Crippen LogP contribution in [0.15, 0.2) is 85.1 Å². The molecule has 2 aliphatic heterocycles. The molecule has 3 aromatic carbocycles. The van der Waals surface area contributed by atoms with Crippen LogP contribution < -0.4 is 23.8 Å². The summed E-state index contributed by atoms with van der Waals surface area (Å²) in [5.74, 6) is 1.80. The molecular weight excluding hydrogens is 657 g/mol. The fourth-order valence-corrected chi connectivity index (χ4v) is 5.92. The van der Waals surface area contributed by atoms with Gasteiger partial charge in [-0.3, -0.25) is 9.47 Å². The summed E-state index contributed by atoms with van der Waals surface area (Å²) < 4.78 is 60.2. The van der Waals surface area contributed by atoms with Gasteiger partial charge in [0.2, 0.25) is 0 Å². The summed E-state index contributed by atoms with van der Waals surface area (Å²) in [6, 6.07) is 23.6. The lowest BCUT2D eigenvalue weighted by Crippen LogP contribution is -2.46. The second-order valence-corrected chi connectivity index (χ2v) is 12.1. The van der Waals surface area contributed by atoms with Crippen LogP contribution in [0.25, 0.3) is 10.9 Å². The van der Waals surface area contributed by atoms with E-state index in [1.165, 1.54) is 18.3 Å². The van der Waals surface area contributed by atoms with Gasteiger partial charge in [0.25, 0.3) is 0 Å². The second-order valence-electron chi connectivity index (χ2n) is 12.1. The molecule has 1 unspecified atom stereocenters. The number of anilines is 1. The van der Waals surface area contributed by atoms with Crippen molar-refractivity contribution in [3.05, 3.63) is 106 Å². The topological polar surface area (TPSA) is 117 Å². The molecule has 0 N–H and O–H groups in total. The van der Waals surface area contributed by atoms with Crippen molar-refractivity contribution in [2.24, 2.45) is 0 Å². The van der Waals surface area contributed by atoms with Crippen molar-refractivity contribution in [3.8, 4) is 23.3 Å². The predicted molar refractivity (Wildman–Crippen MR) is 177 cm³/mol. The van der Waals surface area contributed by atoms with Gasteiger partial charge in [0, 0.05) is 56.1 Å². The maximum absolute atomic E-state index is 12.4. The molecular formula is C35H33F3N6O6. The third-order valence-electron chi connectivity index (χ3n) is 8.55. The lowest BCUT2D eigenvalue weighted by Gasteiger charge is -2.35. The quantitative estimate of drug-likeness (QED) is 0.114. The summed E-state index contributed by atoms with van der Waals surface area (Å²) >= 11 is 0. The van der Waals surface area contributed by atoms with E-state index in [1.54, 1.807) is 16.7 Å². The number of fused-ring (bicyclic) bond motifs is 2. The lowest BCUT2D eigenvalue weighted by molar-refractivity contribution is -0.389. The summed E-state index contributed by atoms with van der Waals surface area (Å²) in [6.45, 7) is 5.36. The third-order valence-corrected chi connectivity index (χ3v) is 8.55.